The van der Waals surface area contributed by atoms with Crippen LogP contribution in [0.5, 0.6) is 0 Å². The number of carbonyl (C=O) groups excluding carboxylic acids is 2. The zero-order valence-electron chi connectivity index (χ0n) is 19.4. The van der Waals surface area contributed by atoms with Gasteiger partial charge in [0.2, 0.25) is 0 Å². The van der Waals surface area contributed by atoms with Crippen LogP contribution in [0.15, 0.2) is 30.3 Å². The molecule has 8 nitrogen and oxygen atoms in total. The first-order valence-electron chi connectivity index (χ1n) is 10.8. The molecule has 0 spiro atoms. The molecule has 5 aromatic rings. The van der Waals surface area contributed by atoms with Gasteiger partial charge in [0, 0.05) is 26.8 Å². The van der Waals surface area contributed by atoms with Crippen molar-refractivity contribution in [3.8, 4) is 10.4 Å². The van der Waals surface area contributed by atoms with Gasteiger partial charge in [0.05, 0.1) is 5.69 Å². The number of nitrogens with two attached hydrogens (primary N) is 1. The van der Waals surface area contributed by atoms with E-state index in [4.69, 9.17) is 5.73 Å². The number of amides is 2. The van der Waals surface area contributed by atoms with E-state index in [0.29, 0.717) is 26.8 Å². The van der Waals surface area contributed by atoms with Gasteiger partial charge in [-0.1, -0.05) is 0 Å². The first-order chi connectivity index (χ1) is 18.4. The van der Waals surface area contributed by atoms with Crippen molar-refractivity contribution in [1.29, 1.82) is 0 Å². The lowest BCUT2D eigenvalue weighted by molar-refractivity contribution is 0.100. The number of fused-ring (bicyclic) bond motifs is 2. The Bertz CT molecular complexity index is 1760. The number of rotatable bonds is 7. The lowest BCUT2D eigenvalue weighted by atomic mass is 10.1. The molecule has 3 N–H and O–H groups in total. The first-order valence-corrected chi connectivity index (χ1v) is 12.5. The summed E-state index contributed by atoms with van der Waals surface area (Å²) in [6, 6.07) is 5.98. The molecular formula is C23H14F6N6O2S2. The van der Waals surface area contributed by atoms with Crippen molar-refractivity contribution in [1.82, 2.24) is 19.6 Å². The number of aryl methyl sites for hydroxylation is 1. The molecule has 5 heterocycles. The average molecular weight is 585 g/mol. The highest BCUT2D eigenvalue weighted by Gasteiger charge is 2.27. The molecule has 0 aliphatic heterocycles. The van der Waals surface area contributed by atoms with E-state index < -0.39 is 59.5 Å². The van der Waals surface area contributed by atoms with Gasteiger partial charge in [0.25, 0.3) is 31.1 Å². The number of anilines is 1. The second-order valence-corrected chi connectivity index (χ2v) is 10.4. The van der Waals surface area contributed by atoms with Crippen molar-refractivity contribution >= 4 is 56.0 Å². The summed E-state index contributed by atoms with van der Waals surface area (Å²) in [4.78, 5) is 34.2. The van der Waals surface area contributed by atoms with Crippen LogP contribution in [0, 0.1) is 6.92 Å². The van der Waals surface area contributed by atoms with Crippen molar-refractivity contribution in [3.63, 3.8) is 0 Å². The molecule has 2 amide bonds. The third kappa shape index (κ3) is 4.80. The van der Waals surface area contributed by atoms with Crippen molar-refractivity contribution in [2.45, 2.75) is 26.2 Å². The van der Waals surface area contributed by atoms with E-state index in [1.807, 2.05) is 0 Å². The molecule has 0 aliphatic rings. The van der Waals surface area contributed by atoms with Crippen LogP contribution in [-0.2, 0) is 0 Å². The largest absolute Gasteiger partial charge is 0.365 e. The average Bonchev–Trinajstić information content (AvgIpc) is 3.59. The lowest BCUT2D eigenvalue weighted by Crippen LogP contribution is -2.17. The highest BCUT2D eigenvalue weighted by atomic mass is 32.1. The molecule has 0 bridgehead atoms. The number of alkyl halides is 6. The first kappa shape index (κ1) is 26.6. The minimum Gasteiger partial charge on any atom is -0.365 e. The van der Waals surface area contributed by atoms with Gasteiger partial charge in [-0.2, -0.15) is 5.10 Å². The Morgan fingerprint density at radius 2 is 1.64 bits per heavy atom. The van der Waals surface area contributed by atoms with Crippen LogP contribution >= 0.6 is 22.7 Å². The van der Waals surface area contributed by atoms with Gasteiger partial charge in [-0.25, -0.2) is 40.8 Å². The number of nitrogens with zero attached hydrogens (tertiary/aromatic N) is 4. The summed E-state index contributed by atoms with van der Waals surface area (Å²) >= 11 is 1.96. The number of nitrogens with one attached hydrogen (secondary N) is 1. The Kier molecular flexibility index (Phi) is 6.76. The van der Waals surface area contributed by atoms with E-state index in [1.165, 1.54) is 11.3 Å². The summed E-state index contributed by atoms with van der Waals surface area (Å²) in [7, 11) is 0. The maximum atomic E-state index is 13.6. The Labute approximate surface area is 222 Å². The van der Waals surface area contributed by atoms with Crippen molar-refractivity contribution in [3.05, 3.63) is 62.9 Å². The summed E-state index contributed by atoms with van der Waals surface area (Å²) in [6.45, 7) is 1.80. The Morgan fingerprint density at radius 1 is 0.949 bits per heavy atom. The molecule has 39 heavy (non-hydrogen) atoms. The number of aromatic nitrogens is 4. The van der Waals surface area contributed by atoms with E-state index in [9.17, 15) is 35.9 Å². The van der Waals surface area contributed by atoms with E-state index in [-0.39, 0.29) is 26.3 Å². The Balaban J connectivity index is 1.67. The smallest absolute Gasteiger partial charge is 0.280 e. The molecule has 0 unspecified atom stereocenters. The SMILES string of the molecule is Cc1ccc(-c2cc(C(F)F)nc3sc(C(N)=O)c(NC(=O)c4cc5nc(C(F)F)cc(C(F)F)n5n4)c23)s1. The topological polar surface area (TPSA) is 115 Å². The van der Waals surface area contributed by atoms with Crippen molar-refractivity contribution < 1.29 is 35.9 Å². The van der Waals surface area contributed by atoms with Crippen LogP contribution in [0.4, 0.5) is 32.0 Å². The molecule has 0 saturated carbocycles. The van der Waals surface area contributed by atoms with Crippen LogP contribution in [0.2, 0.25) is 0 Å². The van der Waals surface area contributed by atoms with Gasteiger partial charge in [-0.15, -0.1) is 22.7 Å². The lowest BCUT2D eigenvalue weighted by Gasteiger charge is -2.09. The number of pyridine rings is 1. The number of primary amides is 1. The predicted molar refractivity (Wildman–Crippen MR) is 132 cm³/mol. The Hall–Kier alpha value is -4.05. The summed E-state index contributed by atoms with van der Waals surface area (Å²) in [5, 5.41) is 6.39. The molecule has 202 valence electrons. The zero-order valence-corrected chi connectivity index (χ0v) is 21.0. The van der Waals surface area contributed by atoms with Gasteiger partial charge in [-0.05, 0) is 31.2 Å². The summed E-state index contributed by atoms with van der Waals surface area (Å²) < 4.78 is 81.2. The zero-order chi connectivity index (χ0) is 28.2. The normalized spacial score (nSPS) is 11.9. The summed E-state index contributed by atoms with van der Waals surface area (Å²) in [6.07, 6.45) is -9.29. The fourth-order valence-electron chi connectivity index (χ4n) is 3.87. The quantitative estimate of drug-likeness (QED) is 0.211. The molecule has 0 aliphatic carbocycles. The monoisotopic (exact) mass is 584 g/mol. The van der Waals surface area contributed by atoms with E-state index >= 15 is 0 Å². The van der Waals surface area contributed by atoms with Gasteiger partial charge in [0.15, 0.2) is 11.3 Å². The van der Waals surface area contributed by atoms with Crippen molar-refractivity contribution in [2.24, 2.45) is 5.73 Å². The van der Waals surface area contributed by atoms with Crippen LogP contribution in [-0.4, -0.2) is 31.4 Å². The maximum Gasteiger partial charge on any atom is 0.280 e. The van der Waals surface area contributed by atoms with Crippen LogP contribution in [0.3, 0.4) is 0 Å². The van der Waals surface area contributed by atoms with Crippen molar-refractivity contribution in [2.75, 3.05) is 5.32 Å². The second-order valence-electron chi connectivity index (χ2n) is 8.12. The molecule has 16 heteroatoms. The van der Waals surface area contributed by atoms with Gasteiger partial charge >= 0.3 is 0 Å². The number of hydrogen-bond donors (Lipinski definition) is 2. The van der Waals surface area contributed by atoms with E-state index in [1.54, 1.807) is 19.1 Å². The van der Waals surface area contributed by atoms with Crippen LogP contribution in [0.25, 0.3) is 26.3 Å². The van der Waals surface area contributed by atoms with Gasteiger partial charge in [-0.3, -0.25) is 9.59 Å². The fourth-order valence-corrected chi connectivity index (χ4v) is 5.77. The molecular weight excluding hydrogens is 570 g/mol. The molecule has 0 fully saturated rings. The van der Waals surface area contributed by atoms with Gasteiger partial charge < -0.3 is 11.1 Å². The predicted octanol–water partition coefficient (Wildman–Crippen LogP) is 6.54. The third-order valence-electron chi connectivity index (χ3n) is 5.53. The number of thiophene rings is 2. The molecule has 0 aromatic carbocycles. The van der Waals surface area contributed by atoms with E-state index in [2.05, 4.69) is 20.4 Å². The molecule has 0 radical (unpaired) electrons. The van der Waals surface area contributed by atoms with Gasteiger partial charge in [0.1, 0.15) is 26.8 Å². The minimum absolute atomic E-state index is 0.00353. The van der Waals surface area contributed by atoms with E-state index in [0.717, 1.165) is 17.0 Å². The highest BCUT2D eigenvalue weighted by molar-refractivity contribution is 7.21. The molecule has 0 atom stereocenters. The standard InChI is InChI=1S/C23H14F6N6O2S2/c1-7-2-3-13(38-7)8-4-9(18(24)25)32-23-15(8)16(17(39-23)21(30)36)33-22(37)11-6-14-31-10(19(26)27)5-12(20(28)29)35(14)34-11/h2-6,18-20H,1H3,(H2,30,36)(H,33,37). The molecule has 5 aromatic heterocycles. The Morgan fingerprint density at radius 3 is 2.23 bits per heavy atom. The summed E-state index contributed by atoms with van der Waals surface area (Å²) in [5.74, 6) is -2.01. The third-order valence-corrected chi connectivity index (χ3v) is 7.66. The van der Waals surface area contributed by atoms with Crippen LogP contribution in [0.1, 0.15) is 61.4 Å². The number of halogens is 6. The number of carbonyl (C=O) groups is 2. The maximum absolute atomic E-state index is 13.6. The highest BCUT2D eigenvalue weighted by Crippen LogP contribution is 2.44. The minimum atomic E-state index is -3.21. The number of hydrogen-bond acceptors (Lipinski definition) is 7. The van der Waals surface area contributed by atoms with Crippen LogP contribution < -0.4 is 11.1 Å². The second kappa shape index (κ2) is 9.92. The summed E-state index contributed by atoms with van der Waals surface area (Å²) in [5.41, 5.74) is 2.30. The molecule has 5 rings (SSSR count). The molecule has 0 saturated heterocycles. The fraction of sp³-hybridized carbons (Fsp3) is 0.174.